The number of ether oxygens (including phenoxy) is 4. The van der Waals surface area contributed by atoms with Crippen LogP contribution in [0.15, 0.2) is 66.7 Å². The van der Waals surface area contributed by atoms with Crippen LogP contribution < -0.4 is 18.9 Å². The minimum Gasteiger partial charge on any atom is -0.493 e. The quantitative estimate of drug-likeness (QED) is 0.117. The standard InChI is InChI=1S/C28H21ClO5/c1-31-22-15-20(26(29)28(33-3)27(22)32-2)11-12-23(30)34-21-13-18-9-7-16-5-4-6-17-8-10-19(14-21)25(18)24(16)17/h4-15H,1-3H3. The number of carbonyl (C=O) groups is 1. The van der Waals surface area contributed by atoms with Gasteiger partial charge in [-0.1, -0.05) is 54.1 Å². The minimum absolute atomic E-state index is 0.298. The van der Waals surface area contributed by atoms with E-state index in [1.807, 2.05) is 24.3 Å². The molecule has 0 aliphatic rings. The first-order chi connectivity index (χ1) is 16.5. The Morgan fingerprint density at radius 1 is 0.765 bits per heavy atom. The minimum atomic E-state index is -0.530. The van der Waals surface area contributed by atoms with Crippen molar-refractivity contribution in [3.8, 4) is 23.0 Å². The lowest BCUT2D eigenvalue weighted by Crippen LogP contribution is -2.04. The molecule has 0 spiro atoms. The van der Waals surface area contributed by atoms with Gasteiger partial charge in [-0.3, -0.25) is 0 Å². The van der Waals surface area contributed by atoms with Crippen LogP contribution >= 0.6 is 11.6 Å². The molecule has 34 heavy (non-hydrogen) atoms. The Bertz CT molecular complexity index is 1510. The summed E-state index contributed by atoms with van der Waals surface area (Å²) in [5.41, 5.74) is 0.531. The van der Waals surface area contributed by atoms with Crippen LogP contribution in [-0.4, -0.2) is 27.3 Å². The highest BCUT2D eigenvalue weighted by molar-refractivity contribution is 6.34. The molecule has 0 fully saturated rings. The molecular formula is C28H21ClO5. The van der Waals surface area contributed by atoms with Gasteiger partial charge in [-0.05, 0) is 56.6 Å². The van der Waals surface area contributed by atoms with Crippen molar-refractivity contribution in [1.82, 2.24) is 0 Å². The molecule has 5 aromatic rings. The summed E-state index contributed by atoms with van der Waals surface area (Å²) in [4.78, 5) is 12.6. The third kappa shape index (κ3) is 3.64. The summed E-state index contributed by atoms with van der Waals surface area (Å²) in [7, 11) is 4.50. The molecule has 0 N–H and O–H groups in total. The molecular weight excluding hydrogens is 452 g/mol. The molecule has 0 radical (unpaired) electrons. The topological polar surface area (TPSA) is 54.0 Å². The average Bonchev–Trinajstić information content (AvgIpc) is 2.86. The van der Waals surface area contributed by atoms with Gasteiger partial charge in [-0.25, -0.2) is 4.79 Å². The number of esters is 1. The molecule has 0 aromatic heterocycles. The summed E-state index contributed by atoms with van der Waals surface area (Å²) < 4.78 is 21.7. The van der Waals surface area contributed by atoms with Crippen LogP contribution in [0.4, 0.5) is 0 Å². The fourth-order valence-corrected chi connectivity index (χ4v) is 4.63. The van der Waals surface area contributed by atoms with Crippen molar-refractivity contribution in [3.05, 3.63) is 77.3 Å². The lowest BCUT2D eigenvalue weighted by Gasteiger charge is -2.15. The van der Waals surface area contributed by atoms with Crippen molar-refractivity contribution in [2.24, 2.45) is 0 Å². The molecule has 5 rings (SSSR count). The molecule has 0 aliphatic heterocycles. The van der Waals surface area contributed by atoms with Gasteiger partial charge in [0.05, 0.1) is 26.4 Å². The highest BCUT2D eigenvalue weighted by Gasteiger charge is 2.18. The zero-order valence-electron chi connectivity index (χ0n) is 18.8. The maximum Gasteiger partial charge on any atom is 0.336 e. The molecule has 0 bridgehead atoms. The van der Waals surface area contributed by atoms with E-state index in [-0.39, 0.29) is 0 Å². The predicted octanol–water partition coefficient (Wildman–Crippen LogP) is 6.88. The van der Waals surface area contributed by atoms with Crippen LogP contribution in [0.5, 0.6) is 23.0 Å². The van der Waals surface area contributed by atoms with E-state index >= 15 is 0 Å². The molecule has 0 unspecified atom stereocenters. The van der Waals surface area contributed by atoms with Gasteiger partial charge in [0.2, 0.25) is 5.75 Å². The van der Waals surface area contributed by atoms with Crippen LogP contribution in [-0.2, 0) is 4.79 Å². The molecule has 0 amide bonds. The summed E-state index contributed by atoms with van der Waals surface area (Å²) >= 11 is 6.45. The Morgan fingerprint density at radius 2 is 1.35 bits per heavy atom. The Labute approximate surface area is 201 Å². The van der Waals surface area contributed by atoms with Crippen LogP contribution in [0.3, 0.4) is 0 Å². The van der Waals surface area contributed by atoms with E-state index in [1.54, 1.807) is 12.1 Å². The number of methoxy groups -OCH3 is 3. The second kappa shape index (κ2) is 8.76. The van der Waals surface area contributed by atoms with Crippen molar-refractivity contribution >= 4 is 56.0 Å². The first-order valence-electron chi connectivity index (χ1n) is 10.6. The van der Waals surface area contributed by atoms with Crippen LogP contribution in [0.2, 0.25) is 5.02 Å². The van der Waals surface area contributed by atoms with E-state index in [1.165, 1.54) is 43.6 Å². The second-order valence-electron chi connectivity index (χ2n) is 7.76. The lowest BCUT2D eigenvalue weighted by atomic mass is 9.94. The van der Waals surface area contributed by atoms with Crippen molar-refractivity contribution in [3.63, 3.8) is 0 Å². The highest BCUT2D eigenvalue weighted by Crippen LogP contribution is 2.45. The molecule has 0 heterocycles. The van der Waals surface area contributed by atoms with Crippen molar-refractivity contribution in [1.29, 1.82) is 0 Å². The van der Waals surface area contributed by atoms with Crippen LogP contribution in [0.25, 0.3) is 38.4 Å². The summed E-state index contributed by atoms with van der Waals surface area (Å²) in [6.07, 6.45) is 2.87. The summed E-state index contributed by atoms with van der Waals surface area (Å²) in [5, 5.41) is 7.08. The third-order valence-electron chi connectivity index (χ3n) is 5.85. The fourth-order valence-electron chi connectivity index (χ4n) is 4.35. The molecule has 0 atom stereocenters. The summed E-state index contributed by atoms with van der Waals surface area (Å²) in [6, 6.07) is 20.0. The maximum absolute atomic E-state index is 12.6. The molecule has 5 aromatic carbocycles. The van der Waals surface area contributed by atoms with Gasteiger partial charge in [-0.2, -0.15) is 0 Å². The number of hydrogen-bond acceptors (Lipinski definition) is 5. The molecule has 6 heteroatoms. The van der Waals surface area contributed by atoms with Crippen molar-refractivity contribution < 1.29 is 23.7 Å². The first-order valence-corrected chi connectivity index (χ1v) is 11.0. The number of halogens is 1. The first kappa shape index (κ1) is 21.9. The van der Waals surface area contributed by atoms with E-state index in [4.69, 9.17) is 30.5 Å². The van der Waals surface area contributed by atoms with E-state index < -0.39 is 5.97 Å². The molecule has 0 saturated carbocycles. The van der Waals surface area contributed by atoms with E-state index in [0.717, 1.165) is 16.2 Å². The van der Waals surface area contributed by atoms with E-state index in [9.17, 15) is 4.79 Å². The summed E-state index contributed by atoms with van der Waals surface area (Å²) in [6.45, 7) is 0. The molecule has 0 aliphatic carbocycles. The van der Waals surface area contributed by atoms with Gasteiger partial charge in [0, 0.05) is 11.6 Å². The zero-order valence-corrected chi connectivity index (χ0v) is 19.6. The van der Waals surface area contributed by atoms with Gasteiger partial charge in [0.25, 0.3) is 0 Å². The molecule has 5 nitrogen and oxygen atoms in total. The summed E-state index contributed by atoms with van der Waals surface area (Å²) in [5.74, 6) is 1.07. The van der Waals surface area contributed by atoms with Gasteiger partial charge in [-0.15, -0.1) is 0 Å². The number of carbonyl (C=O) groups excluding carboxylic acids is 1. The van der Waals surface area contributed by atoms with Gasteiger partial charge in [0.15, 0.2) is 11.5 Å². The number of hydrogen-bond donors (Lipinski definition) is 0. The second-order valence-corrected chi connectivity index (χ2v) is 8.14. The van der Waals surface area contributed by atoms with Crippen LogP contribution in [0, 0.1) is 0 Å². The maximum atomic E-state index is 12.6. The van der Waals surface area contributed by atoms with Crippen LogP contribution in [0.1, 0.15) is 5.56 Å². The SMILES string of the molecule is COc1cc(C=CC(=O)Oc2cc3ccc4cccc5ccc(c2)c3c45)c(Cl)c(OC)c1OC. The Hall–Kier alpha value is -3.96. The Balaban J connectivity index is 1.46. The predicted molar refractivity (Wildman–Crippen MR) is 136 cm³/mol. The van der Waals surface area contributed by atoms with Gasteiger partial charge in [0.1, 0.15) is 5.75 Å². The lowest BCUT2D eigenvalue weighted by molar-refractivity contribution is -0.128. The zero-order chi connectivity index (χ0) is 23.8. The average molecular weight is 473 g/mol. The number of rotatable bonds is 6. The Kier molecular flexibility index (Phi) is 5.64. The normalized spacial score (nSPS) is 11.5. The third-order valence-corrected chi connectivity index (χ3v) is 6.24. The van der Waals surface area contributed by atoms with Gasteiger partial charge >= 0.3 is 5.97 Å². The van der Waals surface area contributed by atoms with E-state index in [0.29, 0.717) is 33.6 Å². The monoisotopic (exact) mass is 472 g/mol. The molecule has 0 saturated heterocycles. The van der Waals surface area contributed by atoms with Gasteiger partial charge < -0.3 is 18.9 Å². The number of benzene rings is 5. The van der Waals surface area contributed by atoms with Crippen molar-refractivity contribution in [2.75, 3.05) is 21.3 Å². The molecule has 170 valence electrons. The fraction of sp³-hybridized carbons (Fsp3) is 0.107. The largest absolute Gasteiger partial charge is 0.493 e. The van der Waals surface area contributed by atoms with Crippen molar-refractivity contribution in [2.45, 2.75) is 0 Å². The smallest absolute Gasteiger partial charge is 0.336 e. The van der Waals surface area contributed by atoms with E-state index in [2.05, 4.69) is 30.3 Å². The highest BCUT2D eigenvalue weighted by atomic mass is 35.5. The Morgan fingerprint density at radius 3 is 1.94 bits per heavy atom.